The molecule has 1 unspecified atom stereocenters. The molecule has 1 atom stereocenters. The maximum absolute atomic E-state index is 11.4. The molecule has 7 nitrogen and oxygen atoms in total. The molecule has 3 N–H and O–H groups in total. The van der Waals surface area contributed by atoms with Crippen LogP contribution in [-0.4, -0.2) is 34.8 Å². The van der Waals surface area contributed by atoms with Gasteiger partial charge in [-0.3, -0.25) is 24.5 Å². The minimum Gasteiger partial charge on any atom is -0.481 e. The number of carbonyl (C=O) groups excluding carboxylic acids is 3. The van der Waals surface area contributed by atoms with Crippen LogP contribution in [0.2, 0.25) is 0 Å². The summed E-state index contributed by atoms with van der Waals surface area (Å²) in [4.78, 5) is 43.7. The van der Waals surface area contributed by atoms with Crippen LogP contribution in [-0.2, 0) is 19.2 Å². The second kappa shape index (κ2) is 5.97. The minimum absolute atomic E-state index is 0.0596. The smallest absolute Gasteiger partial charge is 0.303 e. The number of piperidine rings is 1. The van der Waals surface area contributed by atoms with E-state index in [1.54, 1.807) is 0 Å². The van der Waals surface area contributed by atoms with Crippen molar-refractivity contribution in [3.05, 3.63) is 0 Å². The van der Waals surface area contributed by atoms with Crippen molar-refractivity contribution in [3.63, 3.8) is 0 Å². The summed E-state index contributed by atoms with van der Waals surface area (Å²) in [6.07, 6.45) is 0.697. The summed E-state index contributed by atoms with van der Waals surface area (Å²) >= 11 is 0. The highest BCUT2D eigenvalue weighted by molar-refractivity contribution is 6.01. The van der Waals surface area contributed by atoms with Crippen LogP contribution in [0.4, 0.5) is 0 Å². The van der Waals surface area contributed by atoms with Crippen molar-refractivity contribution in [3.8, 4) is 0 Å². The lowest BCUT2D eigenvalue weighted by atomic mass is 10.1. The van der Waals surface area contributed by atoms with Gasteiger partial charge in [-0.15, -0.1) is 0 Å². The fourth-order valence-electron chi connectivity index (χ4n) is 1.50. The number of hydrogen-bond donors (Lipinski definition) is 3. The van der Waals surface area contributed by atoms with Crippen LogP contribution in [0.15, 0.2) is 0 Å². The number of carboxylic acids is 1. The fraction of sp³-hybridized carbons (Fsp3) is 0.600. The zero-order valence-corrected chi connectivity index (χ0v) is 9.19. The summed E-state index contributed by atoms with van der Waals surface area (Å²) in [6, 6.07) is -0.690. The van der Waals surface area contributed by atoms with Gasteiger partial charge in [0.15, 0.2) is 0 Å². The Labute approximate surface area is 97.6 Å². The zero-order chi connectivity index (χ0) is 12.8. The largest absolute Gasteiger partial charge is 0.481 e. The molecule has 94 valence electrons. The number of aliphatic carboxylic acids is 1. The molecule has 1 saturated heterocycles. The van der Waals surface area contributed by atoms with E-state index in [2.05, 4.69) is 10.6 Å². The molecule has 0 aliphatic carbocycles. The van der Waals surface area contributed by atoms with Gasteiger partial charge in [0.2, 0.25) is 17.7 Å². The SMILES string of the molecule is O=C(O)CCCC(=O)NC1CCC(=O)NC1=O. The van der Waals surface area contributed by atoms with Crippen LogP contribution in [0.5, 0.6) is 0 Å². The lowest BCUT2D eigenvalue weighted by Gasteiger charge is -2.21. The van der Waals surface area contributed by atoms with E-state index in [1.165, 1.54) is 0 Å². The molecular formula is C10H14N2O5. The van der Waals surface area contributed by atoms with Crippen molar-refractivity contribution in [1.29, 1.82) is 0 Å². The van der Waals surface area contributed by atoms with Crippen LogP contribution in [0.1, 0.15) is 32.1 Å². The van der Waals surface area contributed by atoms with Gasteiger partial charge in [0, 0.05) is 19.3 Å². The molecule has 3 amide bonds. The van der Waals surface area contributed by atoms with Crippen LogP contribution in [0.3, 0.4) is 0 Å². The normalized spacial score (nSPS) is 19.6. The second-order valence-corrected chi connectivity index (χ2v) is 3.82. The molecule has 1 fully saturated rings. The average Bonchev–Trinajstić information content (AvgIpc) is 2.21. The summed E-state index contributed by atoms with van der Waals surface area (Å²) in [7, 11) is 0. The molecule has 0 saturated carbocycles. The highest BCUT2D eigenvalue weighted by Gasteiger charge is 2.27. The maximum atomic E-state index is 11.4. The maximum Gasteiger partial charge on any atom is 0.303 e. The first-order chi connectivity index (χ1) is 7.99. The van der Waals surface area contributed by atoms with Crippen LogP contribution >= 0.6 is 0 Å². The zero-order valence-electron chi connectivity index (χ0n) is 9.19. The molecule has 0 radical (unpaired) electrons. The van der Waals surface area contributed by atoms with Gasteiger partial charge in [-0.1, -0.05) is 0 Å². The molecule has 1 aliphatic heterocycles. The van der Waals surface area contributed by atoms with E-state index in [1.807, 2.05) is 0 Å². The Bertz CT molecular complexity index is 353. The number of imide groups is 1. The predicted molar refractivity (Wildman–Crippen MR) is 55.8 cm³/mol. The number of rotatable bonds is 5. The minimum atomic E-state index is -0.959. The van der Waals surface area contributed by atoms with Crippen molar-refractivity contribution in [1.82, 2.24) is 10.6 Å². The van der Waals surface area contributed by atoms with E-state index in [4.69, 9.17) is 5.11 Å². The van der Waals surface area contributed by atoms with E-state index in [9.17, 15) is 19.2 Å². The van der Waals surface area contributed by atoms with E-state index in [0.717, 1.165) is 0 Å². The van der Waals surface area contributed by atoms with E-state index in [-0.39, 0.29) is 43.9 Å². The lowest BCUT2D eigenvalue weighted by Crippen LogP contribution is -2.52. The Hall–Kier alpha value is -1.92. The molecule has 1 heterocycles. The van der Waals surface area contributed by atoms with Crippen molar-refractivity contribution in [2.45, 2.75) is 38.1 Å². The first kappa shape index (κ1) is 13.1. The van der Waals surface area contributed by atoms with E-state index in [0.29, 0.717) is 0 Å². The molecule has 0 aromatic carbocycles. The predicted octanol–water partition coefficient (Wildman–Crippen LogP) is -0.837. The number of carboxylic acid groups (broad SMARTS) is 1. The quantitative estimate of drug-likeness (QED) is 0.544. The van der Waals surface area contributed by atoms with Crippen molar-refractivity contribution < 1.29 is 24.3 Å². The molecule has 0 aromatic rings. The number of carbonyl (C=O) groups is 4. The molecule has 0 aromatic heterocycles. The molecule has 1 aliphatic rings. The highest BCUT2D eigenvalue weighted by atomic mass is 16.4. The molecule has 0 spiro atoms. The van der Waals surface area contributed by atoms with Gasteiger partial charge in [-0.25, -0.2) is 0 Å². The highest BCUT2D eigenvalue weighted by Crippen LogP contribution is 2.05. The number of amides is 3. The first-order valence-corrected chi connectivity index (χ1v) is 5.34. The Balaban J connectivity index is 2.28. The standard InChI is InChI=1S/C10H14N2O5/c13-7(2-1-3-9(15)16)11-6-4-5-8(14)12-10(6)17/h6H,1-5H2,(H,11,13)(H,15,16)(H,12,14,17). The Morgan fingerprint density at radius 2 is 2.06 bits per heavy atom. The van der Waals surface area contributed by atoms with Crippen molar-refractivity contribution in [2.24, 2.45) is 0 Å². The third-order valence-corrected chi connectivity index (χ3v) is 2.37. The molecule has 1 rings (SSSR count). The van der Waals surface area contributed by atoms with Gasteiger partial charge >= 0.3 is 5.97 Å². The second-order valence-electron chi connectivity index (χ2n) is 3.82. The van der Waals surface area contributed by atoms with Crippen LogP contribution in [0, 0.1) is 0 Å². The Morgan fingerprint density at radius 3 is 2.65 bits per heavy atom. The average molecular weight is 242 g/mol. The molecule has 17 heavy (non-hydrogen) atoms. The number of hydrogen-bond acceptors (Lipinski definition) is 4. The van der Waals surface area contributed by atoms with Gasteiger partial charge in [0.05, 0.1) is 0 Å². The fourth-order valence-corrected chi connectivity index (χ4v) is 1.50. The monoisotopic (exact) mass is 242 g/mol. The third-order valence-electron chi connectivity index (χ3n) is 2.37. The van der Waals surface area contributed by atoms with Gasteiger partial charge in [0.1, 0.15) is 6.04 Å². The number of nitrogens with one attached hydrogen (secondary N) is 2. The summed E-state index contributed by atoms with van der Waals surface area (Å²) in [5.41, 5.74) is 0. The van der Waals surface area contributed by atoms with Crippen LogP contribution in [0.25, 0.3) is 0 Å². The summed E-state index contributed by atoms with van der Waals surface area (Å²) in [5, 5.41) is 13.0. The summed E-state index contributed by atoms with van der Waals surface area (Å²) in [5.74, 6) is -2.18. The van der Waals surface area contributed by atoms with E-state index < -0.39 is 17.9 Å². The van der Waals surface area contributed by atoms with Crippen molar-refractivity contribution >= 4 is 23.7 Å². The van der Waals surface area contributed by atoms with Gasteiger partial charge in [0.25, 0.3) is 0 Å². The topological polar surface area (TPSA) is 113 Å². The van der Waals surface area contributed by atoms with Crippen molar-refractivity contribution in [2.75, 3.05) is 0 Å². The summed E-state index contributed by atoms with van der Waals surface area (Å²) < 4.78 is 0. The lowest BCUT2D eigenvalue weighted by molar-refractivity contribution is -0.139. The molecule has 7 heteroatoms. The van der Waals surface area contributed by atoms with E-state index >= 15 is 0 Å². The summed E-state index contributed by atoms with van der Waals surface area (Å²) in [6.45, 7) is 0. The first-order valence-electron chi connectivity index (χ1n) is 5.34. The third kappa shape index (κ3) is 4.62. The van der Waals surface area contributed by atoms with Gasteiger partial charge in [-0.2, -0.15) is 0 Å². The molecule has 0 bridgehead atoms. The Kier molecular flexibility index (Phi) is 4.62. The molecular weight excluding hydrogens is 228 g/mol. The van der Waals surface area contributed by atoms with Gasteiger partial charge in [-0.05, 0) is 12.8 Å². The van der Waals surface area contributed by atoms with Crippen LogP contribution < -0.4 is 10.6 Å². The Morgan fingerprint density at radius 1 is 1.35 bits per heavy atom. The van der Waals surface area contributed by atoms with Gasteiger partial charge < -0.3 is 10.4 Å².